The topological polar surface area (TPSA) is 61.8 Å². The van der Waals surface area contributed by atoms with Crippen molar-refractivity contribution >= 4 is 11.9 Å². The van der Waals surface area contributed by atoms with Gasteiger partial charge in [-0.05, 0) is 25.0 Å². The zero-order chi connectivity index (χ0) is 14.8. The smallest absolute Gasteiger partial charge is 0.338 e. The van der Waals surface area contributed by atoms with Crippen molar-refractivity contribution < 1.29 is 23.8 Å². The summed E-state index contributed by atoms with van der Waals surface area (Å²) in [5, 5.41) is 0. The Morgan fingerprint density at radius 2 is 1.95 bits per heavy atom. The summed E-state index contributed by atoms with van der Waals surface area (Å²) in [4.78, 5) is 24.2. The van der Waals surface area contributed by atoms with Gasteiger partial charge >= 0.3 is 11.9 Å². The van der Waals surface area contributed by atoms with Crippen LogP contribution in [0.5, 0.6) is 0 Å². The van der Waals surface area contributed by atoms with Gasteiger partial charge in [-0.2, -0.15) is 0 Å². The zero-order valence-electron chi connectivity index (χ0n) is 11.9. The molecule has 2 bridgehead atoms. The van der Waals surface area contributed by atoms with Gasteiger partial charge < -0.3 is 14.2 Å². The molecule has 2 fully saturated rings. The first-order valence-electron chi connectivity index (χ1n) is 7.18. The maximum absolute atomic E-state index is 12.2. The van der Waals surface area contributed by atoms with Gasteiger partial charge in [-0.3, -0.25) is 4.79 Å². The van der Waals surface area contributed by atoms with Crippen molar-refractivity contribution in [2.45, 2.75) is 37.6 Å². The van der Waals surface area contributed by atoms with Gasteiger partial charge in [0.2, 0.25) is 0 Å². The normalized spacial score (nSPS) is 30.7. The highest BCUT2D eigenvalue weighted by molar-refractivity contribution is 5.89. The quantitative estimate of drug-likeness (QED) is 0.796. The lowest BCUT2D eigenvalue weighted by atomic mass is 9.92. The number of carbonyl (C=O) groups excluding carboxylic acids is 2. The molecule has 1 aromatic rings. The maximum atomic E-state index is 12.2. The summed E-state index contributed by atoms with van der Waals surface area (Å²) < 4.78 is 16.2. The minimum absolute atomic E-state index is 0.0736. The standard InChI is InChI=1S/C16H18O5/c1-19-16(18)14-12-8-7-11(20-12)9-13(14)21-15(17)10-5-3-2-4-6-10/h2-6,11-14H,7-9H2,1H3/t11-,12+,13-,14+/m1/s1. The van der Waals surface area contributed by atoms with Crippen LogP contribution in [-0.4, -0.2) is 37.4 Å². The number of fused-ring (bicyclic) bond motifs is 2. The largest absolute Gasteiger partial charge is 0.469 e. The van der Waals surface area contributed by atoms with Crippen LogP contribution in [0.15, 0.2) is 30.3 Å². The van der Waals surface area contributed by atoms with E-state index in [0.29, 0.717) is 12.0 Å². The molecule has 0 spiro atoms. The Morgan fingerprint density at radius 1 is 1.19 bits per heavy atom. The van der Waals surface area contributed by atoms with Gasteiger partial charge in [-0.25, -0.2) is 4.79 Å². The molecule has 0 aliphatic carbocycles. The number of ether oxygens (including phenoxy) is 3. The van der Waals surface area contributed by atoms with Crippen LogP contribution in [0.3, 0.4) is 0 Å². The van der Waals surface area contributed by atoms with Gasteiger partial charge in [0.15, 0.2) is 0 Å². The molecule has 2 aliphatic rings. The van der Waals surface area contributed by atoms with Crippen LogP contribution in [0.1, 0.15) is 29.6 Å². The summed E-state index contributed by atoms with van der Waals surface area (Å²) >= 11 is 0. The Morgan fingerprint density at radius 3 is 2.67 bits per heavy atom. The molecule has 3 rings (SSSR count). The molecule has 4 atom stereocenters. The maximum Gasteiger partial charge on any atom is 0.338 e. The highest BCUT2D eigenvalue weighted by Gasteiger charge is 2.49. The average molecular weight is 290 g/mol. The Balaban J connectivity index is 1.76. The van der Waals surface area contributed by atoms with Crippen LogP contribution >= 0.6 is 0 Å². The van der Waals surface area contributed by atoms with E-state index in [0.717, 1.165) is 12.8 Å². The number of rotatable bonds is 3. The molecular weight excluding hydrogens is 272 g/mol. The van der Waals surface area contributed by atoms with Gasteiger partial charge in [-0.15, -0.1) is 0 Å². The van der Waals surface area contributed by atoms with Crippen LogP contribution in [0.4, 0.5) is 0 Å². The van der Waals surface area contributed by atoms with E-state index in [2.05, 4.69) is 0 Å². The van der Waals surface area contributed by atoms with Crippen molar-refractivity contribution in [2.75, 3.05) is 7.11 Å². The first kappa shape index (κ1) is 14.1. The molecule has 5 nitrogen and oxygen atoms in total. The van der Waals surface area contributed by atoms with E-state index in [1.165, 1.54) is 7.11 Å². The second kappa shape index (κ2) is 5.85. The van der Waals surface area contributed by atoms with Crippen molar-refractivity contribution in [3.05, 3.63) is 35.9 Å². The van der Waals surface area contributed by atoms with Gasteiger partial charge in [-0.1, -0.05) is 18.2 Å². The molecule has 0 aromatic heterocycles. The second-order valence-corrected chi connectivity index (χ2v) is 5.47. The van der Waals surface area contributed by atoms with Gasteiger partial charge in [0.25, 0.3) is 0 Å². The fourth-order valence-corrected chi connectivity index (χ4v) is 3.16. The van der Waals surface area contributed by atoms with Crippen molar-refractivity contribution in [3.63, 3.8) is 0 Å². The Labute approximate surface area is 123 Å². The molecule has 2 saturated heterocycles. The summed E-state index contributed by atoms with van der Waals surface area (Å²) in [6.07, 6.45) is 1.65. The molecule has 2 aliphatic heterocycles. The summed E-state index contributed by atoms with van der Waals surface area (Å²) in [5.74, 6) is -1.30. The summed E-state index contributed by atoms with van der Waals surface area (Å²) in [6.45, 7) is 0. The van der Waals surface area contributed by atoms with E-state index in [1.807, 2.05) is 6.07 Å². The third-order valence-corrected chi connectivity index (χ3v) is 4.18. The van der Waals surface area contributed by atoms with E-state index >= 15 is 0 Å². The predicted octanol–water partition coefficient (Wildman–Crippen LogP) is 1.95. The highest BCUT2D eigenvalue weighted by Crippen LogP contribution is 2.38. The van der Waals surface area contributed by atoms with Crippen LogP contribution in [0.2, 0.25) is 0 Å². The molecule has 0 N–H and O–H groups in total. The lowest BCUT2D eigenvalue weighted by Gasteiger charge is -2.34. The minimum Gasteiger partial charge on any atom is -0.469 e. The summed E-state index contributed by atoms with van der Waals surface area (Å²) in [6, 6.07) is 8.79. The van der Waals surface area contributed by atoms with E-state index in [1.54, 1.807) is 24.3 Å². The molecule has 0 amide bonds. The van der Waals surface area contributed by atoms with Crippen molar-refractivity contribution in [3.8, 4) is 0 Å². The number of carbonyl (C=O) groups is 2. The lowest BCUT2D eigenvalue weighted by Crippen LogP contribution is -2.46. The fourth-order valence-electron chi connectivity index (χ4n) is 3.16. The number of esters is 2. The van der Waals surface area contributed by atoms with E-state index < -0.39 is 18.0 Å². The number of hydrogen-bond acceptors (Lipinski definition) is 5. The molecule has 0 unspecified atom stereocenters. The molecular formula is C16H18O5. The predicted molar refractivity (Wildman–Crippen MR) is 73.7 cm³/mol. The average Bonchev–Trinajstić information content (AvgIpc) is 2.89. The van der Waals surface area contributed by atoms with E-state index in [-0.39, 0.29) is 18.2 Å². The van der Waals surface area contributed by atoms with Gasteiger partial charge in [0, 0.05) is 6.42 Å². The monoisotopic (exact) mass is 290 g/mol. The third kappa shape index (κ3) is 2.78. The third-order valence-electron chi connectivity index (χ3n) is 4.18. The van der Waals surface area contributed by atoms with Gasteiger partial charge in [0.05, 0.1) is 24.9 Å². The Bertz CT molecular complexity index is 527. The Kier molecular flexibility index (Phi) is 3.92. The van der Waals surface area contributed by atoms with Crippen molar-refractivity contribution in [1.82, 2.24) is 0 Å². The lowest BCUT2D eigenvalue weighted by molar-refractivity contribution is -0.166. The molecule has 5 heteroatoms. The second-order valence-electron chi connectivity index (χ2n) is 5.47. The molecule has 0 radical (unpaired) electrons. The van der Waals surface area contributed by atoms with Crippen LogP contribution in [-0.2, 0) is 19.0 Å². The zero-order valence-corrected chi connectivity index (χ0v) is 11.9. The van der Waals surface area contributed by atoms with E-state index in [9.17, 15) is 9.59 Å². The van der Waals surface area contributed by atoms with Crippen LogP contribution in [0.25, 0.3) is 0 Å². The molecule has 112 valence electrons. The molecule has 0 saturated carbocycles. The Hall–Kier alpha value is -1.88. The van der Waals surface area contributed by atoms with Crippen molar-refractivity contribution in [1.29, 1.82) is 0 Å². The first-order valence-corrected chi connectivity index (χ1v) is 7.18. The summed E-state index contributed by atoms with van der Waals surface area (Å²) in [7, 11) is 1.35. The van der Waals surface area contributed by atoms with E-state index in [4.69, 9.17) is 14.2 Å². The molecule has 1 aromatic carbocycles. The number of hydrogen-bond donors (Lipinski definition) is 0. The fraction of sp³-hybridized carbons (Fsp3) is 0.500. The first-order chi connectivity index (χ1) is 10.2. The van der Waals surface area contributed by atoms with Crippen LogP contribution in [0, 0.1) is 5.92 Å². The minimum atomic E-state index is -0.526. The molecule has 21 heavy (non-hydrogen) atoms. The molecule has 2 heterocycles. The van der Waals surface area contributed by atoms with Gasteiger partial charge in [0.1, 0.15) is 12.0 Å². The number of methoxy groups -OCH3 is 1. The van der Waals surface area contributed by atoms with Crippen LogP contribution < -0.4 is 0 Å². The summed E-state index contributed by atoms with van der Waals surface area (Å²) in [5.41, 5.74) is 0.486. The van der Waals surface area contributed by atoms with Crippen molar-refractivity contribution in [2.24, 2.45) is 5.92 Å². The SMILES string of the molecule is COC(=O)[C@H]1[C@@H]2CC[C@H](C[C@H]1OC(=O)c1ccccc1)O2. The number of benzene rings is 1. The highest BCUT2D eigenvalue weighted by atomic mass is 16.6.